The smallest absolute Gasteiger partial charge is 0.121 e. The summed E-state index contributed by atoms with van der Waals surface area (Å²) in [5, 5.41) is 18.7. The maximum atomic E-state index is 9.64. The van der Waals surface area contributed by atoms with Crippen molar-refractivity contribution >= 4 is 7.85 Å². The molecule has 12 heavy (non-hydrogen) atoms. The molecule has 2 saturated heterocycles. The molecule has 0 spiro atoms. The predicted molar refractivity (Wildman–Crippen MR) is 40.8 cm³/mol. The second-order valence-electron chi connectivity index (χ2n) is 3.34. The molecule has 5 heteroatoms. The first-order chi connectivity index (χ1) is 5.69. The van der Waals surface area contributed by atoms with Crippen LogP contribution in [0.5, 0.6) is 0 Å². The SMILES string of the molecule is [B][C@@H]1O[C@@]2(CO)CCO[C@H]1C2O. The van der Waals surface area contributed by atoms with Crippen molar-refractivity contribution in [3.63, 3.8) is 0 Å². The molecule has 4 atom stereocenters. The summed E-state index contributed by atoms with van der Waals surface area (Å²) in [6.07, 6.45) is -0.786. The number of ether oxygens (including phenoxy) is 2. The third kappa shape index (κ3) is 0.940. The molecule has 2 aliphatic rings. The number of rotatable bonds is 1. The molecule has 2 fully saturated rings. The van der Waals surface area contributed by atoms with Gasteiger partial charge in [0.15, 0.2) is 0 Å². The van der Waals surface area contributed by atoms with Crippen LogP contribution in [0.15, 0.2) is 0 Å². The minimum Gasteiger partial charge on any atom is -0.393 e. The molecular formula is C7H11BO4. The Morgan fingerprint density at radius 3 is 2.92 bits per heavy atom. The van der Waals surface area contributed by atoms with E-state index < -0.39 is 23.8 Å². The van der Waals surface area contributed by atoms with Crippen LogP contribution in [0.3, 0.4) is 0 Å². The van der Waals surface area contributed by atoms with Gasteiger partial charge in [0.25, 0.3) is 0 Å². The largest absolute Gasteiger partial charge is 0.393 e. The summed E-state index contributed by atoms with van der Waals surface area (Å²) in [4.78, 5) is 0. The summed E-state index contributed by atoms with van der Waals surface area (Å²) in [7, 11) is 5.55. The van der Waals surface area contributed by atoms with Crippen molar-refractivity contribution in [3.8, 4) is 0 Å². The zero-order valence-corrected chi connectivity index (χ0v) is 6.64. The lowest BCUT2D eigenvalue weighted by molar-refractivity contribution is -0.138. The van der Waals surface area contributed by atoms with E-state index in [1.165, 1.54) is 0 Å². The van der Waals surface area contributed by atoms with Crippen LogP contribution in [0.1, 0.15) is 6.42 Å². The number of hydrogen-bond donors (Lipinski definition) is 2. The minimum atomic E-state index is -0.873. The highest BCUT2D eigenvalue weighted by Crippen LogP contribution is 2.38. The second-order valence-corrected chi connectivity index (χ2v) is 3.34. The average molecular weight is 170 g/mol. The fourth-order valence-corrected chi connectivity index (χ4v) is 1.86. The summed E-state index contributed by atoms with van der Waals surface area (Å²) in [6, 6.07) is -0.616. The zero-order chi connectivity index (χ0) is 8.77. The molecule has 0 aromatic carbocycles. The summed E-state index contributed by atoms with van der Waals surface area (Å²) in [5.41, 5.74) is -0.873. The molecule has 2 rings (SSSR count). The van der Waals surface area contributed by atoms with E-state index in [1.807, 2.05) is 0 Å². The Balaban J connectivity index is 2.24. The van der Waals surface area contributed by atoms with Crippen molar-refractivity contribution in [2.75, 3.05) is 13.2 Å². The lowest BCUT2D eigenvalue weighted by Crippen LogP contribution is -2.51. The average Bonchev–Trinajstić information content (AvgIpc) is 2.23. The van der Waals surface area contributed by atoms with Crippen LogP contribution in [-0.4, -0.2) is 55.1 Å². The molecule has 0 saturated carbocycles. The number of aliphatic hydroxyl groups excluding tert-OH is 2. The standard InChI is InChI=1S/C7H11BO4/c8-6-4-5(10)7(3-9,12-6)1-2-11-4/h4-6,9-10H,1-3H2/t4-,5?,6+,7+/m0/s1. The first kappa shape index (κ1) is 8.50. The molecule has 0 aromatic rings. The van der Waals surface area contributed by atoms with E-state index in [4.69, 9.17) is 22.4 Å². The first-order valence-electron chi connectivity index (χ1n) is 4.03. The highest BCUT2D eigenvalue weighted by molar-refractivity contribution is 6.11. The van der Waals surface area contributed by atoms with Crippen LogP contribution in [-0.2, 0) is 9.47 Å². The van der Waals surface area contributed by atoms with Gasteiger partial charge in [0, 0.05) is 12.4 Å². The minimum absolute atomic E-state index is 0.207. The molecule has 2 N–H and O–H groups in total. The van der Waals surface area contributed by atoms with Crippen LogP contribution in [0.2, 0.25) is 0 Å². The normalized spacial score (nSPS) is 52.7. The Bertz CT molecular complexity index is 188. The van der Waals surface area contributed by atoms with E-state index >= 15 is 0 Å². The van der Waals surface area contributed by atoms with Crippen molar-refractivity contribution in [1.29, 1.82) is 0 Å². The molecule has 0 amide bonds. The second kappa shape index (κ2) is 2.70. The fourth-order valence-electron chi connectivity index (χ4n) is 1.86. The lowest BCUT2D eigenvalue weighted by Gasteiger charge is -2.34. The van der Waals surface area contributed by atoms with Gasteiger partial charge in [-0.05, 0) is 0 Å². The van der Waals surface area contributed by atoms with Crippen LogP contribution in [0.4, 0.5) is 0 Å². The highest BCUT2D eigenvalue weighted by Gasteiger charge is 2.55. The summed E-state index contributed by atoms with van der Waals surface area (Å²) in [6.45, 7) is 0.276. The highest BCUT2D eigenvalue weighted by atomic mass is 16.6. The maximum absolute atomic E-state index is 9.64. The van der Waals surface area contributed by atoms with Crippen molar-refractivity contribution in [1.82, 2.24) is 0 Å². The van der Waals surface area contributed by atoms with Gasteiger partial charge < -0.3 is 19.7 Å². The van der Waals surface area contributed by atoms with E-state index in [0.717, 1.165) is 0 Å². The third-order valence-corrected chi connectivity index (χ3v) is 2.65. The Kier molecular flexibility index (Phi) is 1.91. The molecule has 2 aliphatic heterocycles. The molecule has 0 aromatic heterocycles. The van der Waals surface area contributed by atoms with Crippen molar-refractivity contribution in [2.45, 2.75) is 30.2 Å². The Hall–Kier alpha value is -0.0951. The van der Waals surface area contributed by atoms with Crippen LogP contribution < -0.4 is 0 Å². The van der Waals surface area contributed by atoms with Gasteiger partial charge in [-0.1, -0.05) is 0 Å². The summed E-state index contributed by atoms with van der Waals surface area (Å²) >= 11 is 0. The van der Waals surface area contributed by atoms with Gasteiger partial charge in [0.05, 0.1) is 13.2 Å². The molecule has 0 aliphatic carbocycles. The Morgan fingerprint density at radius 2 is 2.33 bits per heavy atom. The molecule has 1 unspecified atom stereocenters. The van der Waals surface area contributed by atoms with E-state index in [2.05, 4.69) is 0 Å². The van der Waals surface area contributed by atoms with Gasteiger partial charge in [-0.25, -0.2) is 0 Å². The van der Waals surface area contributed by atoms with Gasteiger partial charge in [0.1, 0.15) is 25.7 Å². The van der Waals surface area contributed by atoms with Crippen molar-refractivity contribution in [2.24, 2.45) is 0 Å². The van der Waals surface area contributed by atoms with Gasteiger partial charge in [-0.2, -0.15) is 0 Å². The Morgan fingerprint density at radius 1 is 1.58 bits per heavy atom. The molecule has 2 heterocycles. The summed E-state index contributed by atoms with van der Waals surface area (Å²) < 4.78 is 10.5. The molecule has 2 bridgehead atoms. The van der Waals surface area contributed by atoms with E-state index in [9.17, 15) is 5.11 Å². The van der Waals surface area contributed by atoms with E-state index in [0.29, 0.717) is 13.0 Å². The van der Waals surface area contributed by atoms with Crippen molar-refractivity contribution in [3.05, 3.63) is 0 Å². The lowest BCUT2D eigenvalue weighted by atomic mass is 9.86. The van der Waals surface area contributed by atoms with E-state index in [-0.39, 0.29) is 6.61 Å². The number of hydrogen-bond acceptors (Lipinski definition) is 4. The van der Waals surface area contributed by atoms with Gasteiger partial charge in [0.2, 0.25) is 0 Å². The molecular weight excluding hydrogens is 159 g/mol. The van der Waals surface area contributed by atoms with Gasteiger partial charge in [-0.3, -0.25) is 0 Å². The quantitative estimate of drug-likeness (QED) is 0.465. The summed E-state index contributed by atoms with van der Waals surface area (Å²) in [5.74, 6) is 0. The number of aliphatic hydroxyl groups is 2. The van der Waals surface area contributed by atoms with Crippen molar-refractivity contribution < 1.29 is 19.7 Å². The Labute approximate surface area is 71.9 Å². The van der Waals surface area contributed by atoms with Crippen LogP contribution in [0, 0.1) is 0 Å². The third-order valence-electron chi connectivity index (χ3n) is 2.65. The molecule has 66 valence electrons. The van der Waals surface area contributed by atoms with Crippen LogP contribution in [0.25, 0.3) is 0 Å². The molecule has 4 nitrogen and oxygen atoms in total. The first-order valence-corrected chi connectivity index (χ1v) is 4.03. The van der Waals surface area contributed by atoms with E-state index in [1.54, 1.807) is 0 Å². The maximum Gasteiger partial charge on any atom is 0.121 e. The fraction of sp³-hybridized carbons (Fsp3) is 1.00. The monoisotopic (exact) mass is 170 g/mol. The molecule has 2 radical (unpaired) electrons. The zero-order valence-electron chi connectivity index (χ0n) is 6.64. The van der Waals surface area contributed by atoms with Gasteiger partial charge in [-0.15, -0.1) is 0 Å². The predicted octanol–water partition coefficient (Wildman–Crippen LogP) is -1.61. The van der Waals surface area contributed by atoms with Crippen LogP contribution >= 0.6 is 0 Å². The number of fused-ring (bicyclic) bond motifs is 2. The van der Waals surface area contributed by atoms with Gasteiger partial charge >= 0.3 is 0 Å². The topological polar surface area (TPSA) is 58.9 Å².